The smallest absolute Gasteiger partial charge is 0.255 e. The number of rotatable bonds is 3. The second kappa shape index (κ2) is 9.47. The van der Waals surface area contributed by atoms with Crippen molar-refractivity contribution in [1.82, 2.24) is 9.88 Å². The molecule has 0 aliphatic heterocycles. The van der Waals surface area contributed by atoms with E-state index in [0.29, 0.717) is 5.56 Å². The topological polar surface area (TPSA) is 186 Å². The number of ketones is 2. The molecule has 4 rings (SSSR count). The monoisotopic (exact) mass is 550 g/mol. The van der Waals surface area contributed by atoms with E-state index in [2.05, 4.69) is 10.3 Å². The molecule has 7 N–H and O–H groups in total. The van der Waals surface area contributed by atoms with E-state index in [1.54, 1.807) is 0 Å². The number of pyridine rings is 1. The Bertz CT molecular complexity index is 1200. The van der Waals surface area contributed by atoms with E-state index < -0.39 is 63.8 Å². The first-order valence-electron chi connectivity index (χ1n) is 10.1. The van der Waals surface area contributed by atoms with Crippen LogP contribution in [0.3, 0.4) is 0 Å². The molecule has 0 bridgehead atoms. The van der Waals surface area contributed by atoms with E-state index in [-0.39, 0.29) is 59.8 Å². The summed E-state index contributed by atoms with van der Waals surface area (Å²) in [4.78, 5) is 44.1. The number of fused-ring (bicyclic) bond motifs is 3. The van der Waals surface area contributed by atoms with Crippen molar-refractivity contribution in [3.63, 3.8) is 0 Å². The Hall–Kier alpha value is -2.57. The zero-order chi connectivity index (χ0) is 24.6. The molecule has 11 nitrogen and oxygen atoms in total. The van der Waals surface area contributed by atoms with Gasteiger partial charge in [0.1, 0.15) is 22.2 Å². The fourth-order valence-electron chi connectivity index (χ4n) is 5.33. The number of hydrogen-bond acceptors (Lipinski definition) is 10. The van der Waals surface area contributed by atoms with Crippen LogP contribution in [0.25, 0.3) is 5.76 Å². The minimum absolute atomic E-state index is 0. The van der Waals surface area contributed by atoms with Gasteiger partial charge in [0.2, 0.25) is 5.78 Å². The number of aromatic nitrogens is 1. The van der Waals surface area contributed by atoms with Gasteiger partial charge >= 0.3 is 0 Å². The third-order valence-corrected chi connectivity index (χ3v) is 7.08. The number of halogens is 3. The quantitative estimate of drug-likeness (QED) is 0.233. The van der Waals surface area contributed by atoms with Gasteiger partial charge in [-0.1, -0.05) is 11.6 Å². The van der Waals surface area contributed by atoms with Crippen molar-refractivity contribution < 1.29 is 34.8 Å². The molecule has 35 heavy (non-hydrogen) atoms. The zero-order valence-corrected chi connectivity index (χ0v) is 21.2. The number of aliphatic hydroxyl groups excluding tert-OH is 2. The summed E-state index contributed by atoms with van der Waals surface area (Å²) in [6.45, 7) is 0. The van der Waals surface area contributed by atoms with Gasteiger partial charge in [0.25, 0.3) is 5.91 Å². The summed E-state index contributed by atoms with van der Waals surface area (Å²) in [5.74, 6) is -7.25. The molecule has 1 amide bonds. The molecule has 1 fully saturated rings. The summed E-state index contributed by atoms with van der Waals surface area (Å²) >= 11 is 6.28. The van der Waals surface area contributed by atoms with E-state index in [1.807, 2.05) is 0 Å². The number of Topliss-reactive ketones (excluding diaryl/α,β-unsaturated/α-hetero) is 2. The number of aliphatic hydroxyl groups is 3. The van der Waals surface area contributed by atoms with Crippen LogP contribution in [-0.4, -0.2) is 80.6 Å². The average molecular weight is 552 g/mol. The molecular weight excluding hydrogens is 527 g/mol. The molecule has 0 unspecified atom stereocenters. The normalized spacial score (nSPS) is 27.4. The first kappa shape index (κ1) is 28.7. The number of carbonyl (C=O) groups excluding carboxylic acids is 3. The first-order valence-corrected chi connectivity index (χ1v) is 10.5. The highest BCUT2D eigenvalue weighted by atomic mass is 35.5. The van der Waals surface area contributed by atoms with Gasteiger partial charge in [0.05, 0.1) is 11.6 Å². The van der Waals surface area contributed by atoms with Gasteiger partial charge < -0.3 is 31.5 Å². The van der Waals surface area contributed by atoms with Crippen LogP contribution in [0.5, 0.6) is 5.75 Å². The van der Waals surface area contributed by atoms with E-state index in [9.17, 15) is 34.8 Å². The number of nitrogens with zero attached hydrogens (tertiary/aromatic N) is 2. The van der Waals surface area contributed by atoms with E-state index in [4.69, 9.17) is 17.3 Å². The van der Waals surface area contributed by atoms with Crippen LogP contribution in [-0.2, 0) is 20.8 Å². The molecule has 192 valence electrons. The zero-order valence-electron chi connectivity index (χ0n) is 18.8. The summed E-state index contributed by atoms with van der Waals surface area (Å²) in [7, 11) is 4.55. The third kappa shape index (κ3) is 3.73. The van der Waals surface area contributed by atoms with Gasteiger partial charge in [-0.05, 0) is 32.9 Å². The maximum Gasteiger partial charge on any atom is 0.255 e. The number of nitrogens with two attached hydrogens (primary N) is 1. The van der Waals surface area contributed by atoms with Crippen molar-refractivity contribution in [1.29, 1.82) is 0 Å². The Morgan fingerprint density at radius 3 is 2.34 bits per heavy atom. The fourth-order valence-corrected chi connectivity index (χ4v) is 5.59. The fraction of sp³-hybridized carbons (Fsp3) is 0.429. The minimum Gasteiger partial charge on any atom is -0.508 e. The van der Waals surface area contributed by atoms with Crippen LogP contribution >= 0.6 is 36.4 Å². The molecular formula is C21H25Cl3N4O7. The van der Waals surface area contributed by atoms with Crippen molar-refractivity contribution in [2.24, 2.45) is 17.6 Å². The Morgan fingerprint density at radius 2 is 1.83 bits per heavy atom. The number of hydrogen-bond donors (Lipinski definition) is 6. The van der Waals surface area contributed by atoms with Crippen molar-refractivity contribution in [2.45, 2.75) is 24.5 Å². The lowest BCUT2D eigenvalue weighted by atomic mass is 9.57. The maximum atomic E-state index is 13.7. The van der Waals surface area contributed by atoms with Crippen LogP contribution in [0.4, 0.5) is 5.82 Å². The van der Waals surface area contributed by atoms with Crippen LogP contribution in [0, 0.1) is 11.8 Å². The van der Waals surface area contributed by atoms with Crippen molar-refractivity contribution in [3.8, 4) is 5.75 Å². The molecule has 3 aliphatic carbocycles. The lowest BCUT2D eigenvalue weighted by Gasteiger charge is -2.50. The SMILES string of the molecule is CNc1nc(Cl)c2c(c1O)C(O)=C1C(=O)[C@]3(O)C(O)=C(C(N)=O)C(=O)[C@@H](N(C)C)[C@@H]3C[C@@H]1C2.Cl.Cl. The Morgan fingerprint density at radius 1 is 1.23 bits per heavy atom. The Kier molecular flexibility index (Phi) is 7.76. The molecule has 0 aromatic carbocycles. The maximum absolute atomic E-state index is 13.7. The van der Waals surface area contributed by atoms with Crippen LogP contribution in [0.15, 0.2) is 16.9 Å². The predicted molar refractivity (Wildman–Crippen MR) is 131 cm³/mol. The Balaban J connectivity index is 0.00000216. The molecule has 1 aromatic rings. The van der Waals surface area contributed by atoms with E-state index >= 15 is 0 Å². The number of anilines is 1. The third-order valence-electron chi connectivity index (χ3n) is 6.77. The number of amides is 1. The predicted octanol–water partition coefficient (Wildman–Crippen LogP) is 0.898. The largest absolute Gasteiger partial charge is 0.508 e. The number of carbonyl (C=O) groups is 3. The van der Waals surface area contributed by atoms with Gasteiger partial charge in [0.15, 0.2) is 23.0 Å². The van der Waals surface area contributed by atoms with Gasteiger partial charge in [0, 0.05) is 24.1 Å². The molecule has 14 heteroatoms. The summed E-state index contributed by atoms with van der Waals surface area (Å²) < 4.78 is 0. The molecule has 0 radical (unpaired) electrons. The van der Waals surface area contributed by atoms with E-state index in [1.165, 1.54) is 26.0 Å². The molecule has 0 saturated heterocycles. The summed E-state index contributed by atoms with van der Waals surface area (Å²) in [6, 6.07) is -1.14. The summed E-state index contributed by atoms with van der Waals surface area (Å²) in [5, 5.41) is 46.6. The highest BCUT2D eigenvalue weighted by Gasteiger charge is 2.64. The molecule has 0 spiro atoms. The van der Waals surface area contributed by atoms with Crippen LogP contribution in [0.2, 0.25) is 5.15 Å². The van der Waals surface area contributed by atoms with Crippen LogP contribution < -0.4 is 11.1 Å². The van der Waals surface area contributed by atoms with Crippen molar-refractivity contribution >= 4 is 65.5 Å². The summed E-state index contributed by atoms with van der Waals surface area (Å²) in [5.41, 5.74) is 1.69. The van der Waals surface area contributed by atoms with Gasteiger partial charge in [-0.15, -0.1) is 24.8 Å². The average Bonchev–Trinajstić information content (AvgIpc) is 2.72. The molecule has 1 aromatic heterocycles. The second-order valence-corrected chi connectivity index (χ2v) is 9.02. The lowest BCUT2D eigenvalue weighted by Crippen LogP contribution is -2.65. The minimum atomic E-state index is -2.68. The van der Waals surface area contributed by atoms with Crippen molar-refractivity contribution in [3.05, 3.63) is 33.2 Å². The Labute approximate surface area is 217 Å². The number of primary amides is 1. The van der Waals surface area contributed by atoms with Gasteiger partial charge in [-0.2, -0.15) is 0 Å². The number of nitrogens with one attached hydrogen (secondary N) is 1. The van der Waals surface area contributed by atoms with Gasteiger partial charge in [-0.25, -0.2) is 4.98 Å². The van der Waals surface area contributed by atoms with Crippen LogP contribution in [0.1, 0.15) is 17.5 Å². The first-order chi connectivity index (χ1) is 15.4. The highest BCUT2D eigenvalue weighted by Crippen LogP contribution is 2.53. The molecule has 4 atom stereocenters. The number of aromatic hydroxyl groups is 1. The highest BCUT2D eigenvalue weighted by molar-refractivity contribution is 6.31. The van der Waals surface area contributed by atoms with E-state index in [0.717, 1.165) is 0 Å². The standard InChI is InChI=1S/C21H23ClN4O7.2ClH/c1-24-20-15(29)10-7(18(22)25-20)4-6-5-8-12(26(2)3)14(28)11(19(23)32)17(31)21(8,33)16(30)9(6)13(10)27;;/h6,8,12,27,29,31,33H,4-5H2,1-3H3,(H2,23,32)(H,24,25);2*1H/t6-,8-,12-,21-;;/m0../s1. The van der Waals surface area contributed by atoms with Gasteiger partial charge in [-0.3, -0.25) is 19.3 Å². The molecule has 1 heterocycles. The lowest BCUT2D eigenvalue weighted by molar-refractivity contribution is -0.153. The van der Waals surface area contributed by atoms with Crippen molar-refractivity contribution in [2.75, 3.05) is 26.5 Å². The summed E-state index contributed by atoms with van der Waals surface area (Å²) in [6.07, 6.45) is 0.0640. The molecule has 3 aliphatic rings. The number of likely N-dealkylation sites (N-methyl/N-ethyl adjacent to an activating group) is 1. The second-order valence-electron chi connectivity index (χ2n) is 8.66. The molecule has 1 saturated carbocycles.